The maximum atomic E-state index is 10.5. The zero-order valence-corrected chi connectivity index (χ0v) is 16.1. The first-order valence-corrected chi connectivity index (χ1v) is 12.7. The molecule has 0 bridgehead atoms. The lowest BCUT2D eigenvalue weighted by Crippen LogP contribution is -2.26. The van der Waals surface area contributed by atoms with E-state index < -0.39 is 8.07 Å². The van der Waals surface area contributed by atoms with Crippen LogP contribution in [0.25, 0.3) is 0 Å². The summed E-state index contributed by atoms with van der Waals surface area (Å²) in [7, 11) is -1.15. The van der Waals surface area contributed by atoms with Crippen molar-refractivity contribution in [3.8, 4) is 0 Å². The fourth-order valence-corrected chi connectivity index (χ4v) is 3.41. The molecule has 3 nitrogen and oxygen atoms in total. The number of unbranched alkanes of at least 4 members (excludes halogenated alkanes) is 2. The lowest BCUT2D eigenvalue weighted by Gasteiger charge is -2.25. The molecule has 2 atom stereocenters. The average molecular weight is 329 g/mol. The largest absolute Gasteiger partial charge is 0.389 e. The van der Waals surface area contributed by atoms with Gasteiger partial charge in [-0.05, 0) is 37.3 Å². The first-order chi connectivity index (χ1) is 10.4. The van der Waals surface area contributed by atoms with Crippen LogP contribution >= 0.6 is 0 Å². The van der Waals surface area contributed by atoms with E-state index in [1.165, 1.54) is 19.3 Å². The molecule has 0 spiro atoms. The van der Waals surface area contributed by atoms with Crippen molar-refractivity contribution in [1.82, 2.24) is 0 Å². The molecule has 2 unspecified atom stereocenters. The molecule has 0 aromatic heterocycles. The van der Waals surface area contributed by atoms with Crippen molar-refractivity contribution in [2.24, 2.45) is 0 Å². The lowest BCUT2D eigenvalue weighted by atomic mass is 10.0. The Labute approximate surface area is 138 Å². The number of aliphatic hydroxyl groups excluding tert-OH is 1. The van der Waals surface area contributed by atoms with Crippen LogP contribution in [0, 0.1) is 0 Å². The lowest BCUT2D eigenvalue weighted by molar-refractivity contribution is -0.158. The van der Waals surface area contributed by atoms with E-state index in [0.29, 0.717) is 6.61 Å². The zero-order valence-electron chi connectivity index (χ0n) is 15.1. The molecule has 1 N–H and O–H groups in total. The van der Waals surface area contributed by atoms with Gasteiger partial charge in [-0.3, -0.25) is 0 Å². The number of allylic oxidation sites excluding steroid dienone is 1. The van der Waals surface area contributed by atoms with Crippen LogP contribution in [0.5, 0.6) is 0 Å². The highest BCUT2D eigenvalue weighted by molar-refractivity contribution is 6.76. The molecule has 130 valence electrons. The molecule has 4 heteroatoms. The molecular formula is C18H36O3Si. The zero-order chi connectivity index (χ0) is 16.4. The minimum absolute atomic E-state index is 0.0770. The fraction of sp³-hybridized carbons (Fsp3) is 0.889. The van der Waals surface area contributed by atoms with Gasteiger partial charge in [0.2, 0.25) is 0 Å². The second-order valence-electron chi connectivity index (χ2n) is 7.66. The maximum absolute atomic E-state index is 10.5. The number of hydrogen-bond donors (Lipinski definition) is 1. The van der Waals surface area contributed by atoms with Gasteiger partial charge in [-0.1, -0.05) is 51.9 Å². The minimum atomic E-state index is -1.15. The third kappa shape index (κ3) is 9.08. The van der Waals surface area contributed by atoms with Crippen LogP contribution in [0.3, 0.4) is 0 Å². The number of hydrogen-bond acceptors (Lipinski definition) is 3. The number of aliphatic hydroxyl groups is 1. The van der Waals surface area contributed by atoms with Crippen molar-refractivity contribution < 1.29 is 14.6 Å². The fourth-order valence-electron chi connectivity index (χ4n) is 2.53. The van der Waals surface area contributed by atoms with E-state index >= 15 is 0 Å². The van der Waals surface area contributed by atoms with Crippen molar-refractivity contribution in [3.05, 3.63) is 11.6 Å². The highest BCUT2D eigenvalue weighted by Crippen LogP contribution is 2.19. The van der Waals surface area contributed by atoms with E-state index in [2.05, 4.69) is 32.6 Å². The van der Waals surface area contributed by atoms with Crippen LogP contribution in [0.2, 0.25) is 25.7 Å². The van der Waals surface area contributed by atoms with E-state index in [1.54, 1.807) is 0 Å². The predicted molar refractivity (Wildman–Crippen MR) is 95.9 cm³/mol. The summed E-state index contributed by atoms with van der Waals surface area (Å²) in [6, 6.07) is 1.10. The van der Waals surface area contributed by atoms with E-state index in [1.807, 2.05) is 0 Å². The summed E-state index contributed by atoms with van der Waals surface area (Å²) < 4.78 is 11.5. The van der Waals surface area contributed by atoms with Crippen molar-refractivity contribution in [1.29, 1.82) is 0 Å². The molecule has 0 amide bonds. The molecule has 0 aromatic carbocycles. The Morgan fingerprint density at radius 2 is 2.09 bits per heavy atom. The van der Waals surface area contributed by atoms with Crippen molar-refractivity contribution in [2.75, 3.05) is 13.2 Å². The quantitative estimate of drug-likeness (QED) is 0.358. The Hall–Kier alpha value is -0.163. The van der Waals surface area contributed by atoms with Gasteiger partial charge in [0.1, 0.15) is 0 Å². The highest BCUT2D eigenvalue weighted by Gasteiger charge is 2.19. The third-order valence-electron chi connectivity index (χ3n) is 4.06. The van der Waals surface area contributed by atoms with E-state index in [9.17, 15) is 5.11 Å². The molecule has 1 aliphatic heterocycles. The highest BCUT2D eigenvalue weighted by atomic mass is 28.3. The topological polar surface area (TPSA) is 38.7 Å². The Bertz CT molecular complexity index is 317. The predicted octanol–water partition coefficient (Wildman–Crippen LogP) is 4.74. The van der Waals surface area contributed by atoms with Crippen LogP contribution in [0.4, 0.5) is 0 Å². The normalized spacial score (nSPS) is 21.9. The third-order valence-corrected chi connectivity index (χ3v) is 5.49. The molecule has 1 rings (SSSR count). The SMILES string of the molecule is CCCCCC(O)/C(=C/C[Si](C)(C)C)COC1CCCCO1. The molecule has 22 heavy (non-hydrogen) atoms. The van der Waals surface area contributed by atoms with Gasteiger partial charge in [-0.2, -0.15) is 0 Å². The molecule has 1 heterocycles. The smallest absolute Gasteiger partial charge is 0.158 e. The van der Waals surface area contributed by atoms with Crippen LogP contribution in [-0.4, -0.2) is 38.8 Å². The van der Waals surface area contributed by atoms with Gasteiger partial charge in [0.25, 0.3) is 0 Å². The van der Waals surface area contributed by atoms with E-state index in [4.69, 9.17) is 9.47 Å². The van der Waals surface area contributed by atoms with Gasteiger partial charge >= 0.3 is 0 Å². The molecule has 0 aliphatic carbocycles. The minimum Gasteiger partial charge on any atom is -0.389 e. The van der Waals surface area contributed by atoms with Gasteiger partial charge in [0.15, 0.2) is 6.29 Å². The Balaban J connectivity index is 2.52. The summed E-state index contributed by atoms with van der Waals surface area (Å²) in [6.07, 6.45) is 9.41. The van der Waals surface area contributed by atoms with Gasteiger partial charge in [0, 0.05) is 14.7 Å². The summed E-state index contributed by atoms with van der Waals surface area (Å²) >= 11 is 0. The Kier molecular flexibility index (Phi) is 9.56. The molecular weight excluding hydrogens is 292 g/mol. The molecule has 0 radical (unpaired) electrons. The molecule has 1 saturated heterocycles. The first-order valence-electron chi connectivity index (χ1n) is 9.02. The van der Waals surface area contributed by atoms with Crippen LogP contribution in [0.15, 0.2) is 11.6 Å². The molecule has 0 aromatic rings. The Morgan fingerprint density at radius 1 is 1.32 bits per heavy atom. The van der Waals surface area contributed by atoms with Gasteiger partial charge < -0.3 is 14.6 Å². The van der Waals surface area contributed by atoms with E-state index in [-0.39, 0.29) is 12.4 Å². The summed E-state index contributed by atoms with van der Waals surface area (Å²) in [4.78, 5) is 0. The number of ether oxygens (including phenoxy) is 2. The molecule has 1 aliphatic rings. The van der Waals surface area contributed by atoms with Gasteiger partial charge in [-0.25, -0.2) is 0 Å². The van der Waals surface area contributed by atoms with Crippen LogP contribution < -0.4 is 0 Å². The standard InChI is InChI=1S/C18H36O3Si/c1-5-6-7-10-17(19)16(12-14-22(2,3)4)15-21-18-11-8-9-13-20-18/h12,17-19H,5-11,13-15H2,1-4H3/b16-12+. The second kappa shape index (κ2) is 10.6. The maximum Gasteiger partial charge on any atom is 0.158 e. The molecule has 0 saturated carbocycles. The summed E-state index contributed by atoms with van der Waals surface area (Å²) in [5, 5.41) is 10.5. The molecule has 1 fully saturated rings. The van der Waals surface area contributed by atoms with Crippen LogP contribution in [-0.2, 0) is 9.47 Å². The van der Waals surface area contributed by atoms with Crippen LogP contribution in [0.1, 0.15) is 51.9 Å². The van der Waals surface area contributed by atoms with Crippen molar-refractivity contribution in [2.45, 2.75) is 89.9 Å². The van der Waals surface area contributed by atoms with Gasteiger partial charge in [0.05, 0.1) is 12.7 Å². The van der Waals surface area contributed by atoms with E-state index in [0.717, 1.165) is 43.9 Å². The second-order valence-corrected chi connectivity index (χ2v) is 13.2. The monoisotopic (exact) mass is 328 g/mol. The average Bonchev–Trinajstić information content (AvgIpc) is 2.47. The summed E-state index contributed by atoms with van der Waals surface area (Å²) in [6.45, 7) is 10.6. The van der Waals surface area contributed by atoms with Crippen molar-refractivity contribution >= 4 is 8.07 Å². The van der Waals surface area contributed by atoms with Gasteiger partial charge in [-0.15, -0.1) is 0 Å². The van der Waals surface area contributed by atoms with Crippen molar-refractivity contribution in [3.63, 3.8) is 0 Å². The summed E-state index contributed by atoms with van der Waals surface area (Å²) in [5.41, 5.74) is 1.06. The first kappa shape index (κ1) is 19.9. The summed E-state index contributed by atoms with van der Waals surface area (Å²) in [5.74, 6) is 0. The Morgan fingerprint density at radius 3 is 2.68 bits per heavy atom. The number of rotatable bonds is 10.